The second-order valence-corrected chi connectivity index (χ2v) is 6.65. The van der Waals surface area contributed by atoms with Crippen LogP contribution in [0.1, 0.15) is 52.1 Å². The van der Waals surface area contributed by atoms with Crippen molar-refractivity contribution in [1.29, 1.82) is 0 Å². The first-order valence-corrected chi connectivity index (χ1v) is 7.88. The molecule has 1 unspecified atom stereocenters. The molecule has 1 aromatic heterocycles. The van der Waals surface area contributed by atoms with Crippen molar-refractivity contribution in [2.75, 3.05) is 0 Å². The fraction of sp³-hybridized carbons (Fsp3) is 0.588. The SMILES string of the molecule is CCc1ccc2c(c1)n(C)c(=O)n2C(C)CCC(C)(C)ON. The van der Waals surface area contributed by atoms with Gasteiger partial charge in [0.05, 0.1) is 16.6 Å². The van der Waals surface area contributed by atoms with Crippen molar-refractivity contribution in [3.05, 3.63) is 34.2 Å². The summed E-state index contributed by atoms with van der Waals surface area (Å²) in [5.41, 5.74) is 2.87. The fourth-order valence-electron chi connectivity index (χ4n) is 2.80. The molecule has 0 fully saturated rings. The van der Waals surface area contributed by atoms with Crippen LogP contribution in [0.5, 0.6) is 0 Å². The number of rotatable bonds is 6. The predicted octanol–water partition coefficient (Wildman–Crippen LogP) is 2.91. The molecular weight excluding hydrogens is 278 g/mol. The van der Waals surface area contributed by atoms with Crippen molar-refractivity contribution in [2.45, 2.75) is 58.6 Å². The van der Waals surface area contributed by atoms with Gasteiger partial charge in [-0.25, -0.2) is 10.7 Å². The molecule has 0 bridgehead atoms. The van der Waals surface area contributed by atoms with Crippen LogP contribution in [-0.4, -0.2) is 14.7 Å². The molecule has 5 nitrogen and oxygen atoms in total. The van der Waals surface area contributed by atoms with E-state index >= 15 is 0 Å². The molecule has 0 aliphatic heterocycles. The van der Waals surface area contributed by atoms with Crippen LogP contribution >= 0.6 is 0 Å². The Morgan fingerprint density at radius 2 is 2.00 bits per heavy atom. The van der Waals surface area contributed by atoms with Gasteiger partial charge in [-0.15, -0.1) is 0 Å². The number of hydrogen-bond acceptors (Lipinski definition) is 3. The summed E-state index contributed by atoms with van der Waals surface area (Å²) in [6.07, 6.45) is 2.59. The molecule has 0 spiro atoms. The normalized spacial score (nSPS) is 13.7. The van der Waals surface area contributed by atoms with Crippen LogP contribution in [0.25, 0.3) is 11.0 Å². The van der Waals surface area contributed by atoms with E-state index in [0.717, 1.165) is 30.3 Å². The molecule has 0 radical (unpaired) electrons. The maximum Gasteiger partial charge on any atom is 0.329 e. The van der Waals surface area contributed by atoms with Crippen LogP contribution in [0, 0.1) is 0 Å². The molecule has 0 saturated heterocycles. The third kappa shape index (κ3) is 3.10. The Balaban J connectivity index is 2.39. The number of nitrogens with zero attached hydrogens (tertiary/aromatic N) is 2. The number of aryl methyl sites for hydroxylation is 2. The molecule has 5 heteroatoms. The fourth-order valence-corrected chi connectivity index (χ4v) is 2.80. The van der Waals surface area contributed by atoms with E-state index in [4.69, 9.17) is 10.7 Å². The monoisotopic (exact) mass is 305 g/mol. The second kappa shape index (κ2) is 6.26. The summed E-state index contributed by atoms with van der Waals surface area (Å²) >= 11 is 0. The maximum absolute atomic E-state index is 12.6. The highest BCUT2D eigenvalue weighted by atomic mass is 16.6. The van der Waals surface area contributed by atoms with Crippen molar-refractivity contribution < 1.29 is 4.84 Å². The van der Waals surface area contributed by atoms with Crippen LogP contribution in [0.2, 0.25) is 0 Å². The van der Waals surface area contributed by atoms with Gasteiger partial charge in [0.15, 0.2) is 0 Å². The average molecular weight is 305 g/mol. The molecule has 1 atom stereocenters. The van der Waals surface area contributed by atoms with Gasteiger partial charge in [0, 0.05) is 13.1 Å². The molecule has 22 heavy (non-hydrogen) atoms. The highest BCUT2D eigenvalue weighted by molar-refractivity contribution is 5.77. The number of imidazole rings is 1. The highest BCUT2D eigenvalue weighted by Gasteiger charge is 2.21. The number of nitrogens with two attached hydrogens (primary N) is 1. The molecule has 2 aromatic rings. The second-order valence-electron chi connectivity index (χ2n) is 6.65. The summed E-state index contributed by atoms with van der Waals surface area (Å²) in [7, 11) is 1.83. The minimum absolute atomic E-state index is 0.0298. The van der Waals surface area contributed by atoms with Gasteiger partial charge in [0.2, 0.25) is 0 Å². The largest absolute Gasteiger partial charge is 0.329 e. The van der Waals surface area contributed by atoms with Crippen molar-refractivity contribution in [1.82, 2.24) is 9.13 Å². The topological polar surface area (TPSA) is 62.2 Å². The quantitative estimate of drug-likeness (QED) is 0.835. The maximum atomic E-state index is 12.6. The zero-order chi connectivity index (χ0) is 16.5. The van der Waals surface area contributed by atoms with E-state index in [-0.39, 0.29) is 17.3 Å². The minimum Gasteiger partial charge on any atom is -0.299 e. The third-order valence-corrected chi connectivity index (χ3v) is 4.49. The van der Waals surface area contributed by atoms with Crippen molar-refractivity contribution in [3.63, 3.8) is 0 Å². The average Bonchev–Trinajstić information content (AvgIpc) is 2.76. The smallest absolute Gasteiger partial charge is 0.299 e. The Morgan fingerprint density at radius 1 is 1.32 bits per heavy atom. The first-order valence-electron chi connectivity index (χ1n) is 7.88. The standard InChI is InChI=1S/C17H27N3O2/c1-6-13-7-8-14-15(11-13)19(5)16(21)20(14)12(2)9-10-17(3,4)22-18/h7-8,11-12H,6,9-10,18H2,1-5H3. The van der Waals surface area contributed by atoms with E-state index in [0.29, 0.717) is 0 Å². The van der Waals surface area contributed by atoms with Crippen LogP contribution in [-0.2, 0) is 18.3 Å². The summed E-state index contributed by atoms with van der Waals surface area (Å²) in [6.45, 7) is 8.10. The van der Waals surface area contributed by atoms with Gasteiger partial charge in [-0.2, -0.15) is 0 Å². The molecule has 2 rings (SSSR count). The summed E-state index contributed by atoms with van der Waals surface area (Å²) in [6, 6.07) is 6.35. The molecule has 1 heterocycles. The minimum atomic E-state index is -0.377. The van der Waals surface area contributed by atoms with Crippen LogP contribution < -0.4 is 11.6 Å². The zero-order valence-electron chi connectivity index (χ0n) is 14.2. The van der Waals surface area contributed by atoms with Crippen LogP contribution in [0.3, 0.4) is 0 Å². The molecule has 1 aromatic carbocycles. The Bertz CT molecular complexity index is 712. The van der Waals surface area contributed by atoms with Crippen molar-refractivity contribution in [2.24, 2.45) is 12.9 Å². The molecule has 0 saturated carbocycles. The lowest BCUT2D eigenvalue weighted by atomic mass is 9.99. The summed E-state index contributed by atoms with van der Waals surface area (Å²) in [5.74, 6) is 5.32. The number of benzene rings is 1. The summed E-state index contributed by atoms with van der Waals surface area (Å²) in [4.78, 5) is 17.6. The third-order valence-electron chi connectivity index (χ3n) is 4.49. The Kier molecular flexibility index (Phi) is 4.78. The van der Waals surface area contributed by atoms with E-state index in [1.54, 1.807) is 4.57 Å². The molecule has 0 aliphatic rings. The molecule has 0 aliphatic carbocycles. The van der Waals surface area contributed by atoms with E-state index < -0.39 is 0 Å². The van der Waals surface area contributed by atoms with Gasteiger partial charge in [0.1, 0.15) is 0 Å². The van der Waals surface area contributed by atoms with Gasteiger partial charge in [0.25, 0.3) is 0 Å². The van der Waals surface area contributed by atoms with E-state index in [2.05, 4.69) is 32.0 Å². The predicted molar refractivity (Wildman–Crippen MR) is 89.9 cm³/mol. The van der Waals surface area contributed by atoms with Gasteiger partial charge < -0.3 is 0 Å². The van der Waals surface area contributed by atoms with E-state index in [1.807, 2.05) is 25.5 Å². The Labute approximate surface area is 131 Å². The van der Waals surface area contributed by atoms with Gasteiger partial charge in [-0.3, -0.25) is 14.0 Å². The van der Waals surface area contributed by atoms with Gasteiger partial charge >= 0.3 is 5.69 Å². The lowest BCUT2D eigenvalue weighted by Gasteiger charge is -2.24. The lowest BCUT2D eigenvalue weighted by Crippen LogP contribution is -2.30. The zero-order valence-corrected chi connectivity index (χ0v) is 14.2. The summed E-state index contributed by atoms with van der Waals surface area (Å²) in [5, 5.41) is 0. The Morgan fingerprint density at radius 3 is 2.59 bits per heavy atom. The number of aromatic nitrogens is 2. The first kappa shape index (κ1) is 16.8. The van der Waals surface area contributed by atoms with Crippen molar-refractivity contribution >= 4 is 11.0 Å². The molecule has 2 N–H and O–H groups in total. The Hall–Kier alpha value is -1.59. The molecular formula is C17H27N3O2. The van der Waals surface area contributed by atoms with E-state index in [1.165, 1.54) is 5.56 Å². The van der Waals surface area contributed by atoms with Crippen LogP contribution in [0.15, 0.2) is 23.0 Å². The number of hydrogen-bond donors (Lipinski definition) is 1. The van der Waals surface area contributed by atoms with E-state index in [9.17, 15) is 4.79 Å². The lowest BCUT2D eigenvalue weighted by molar-refractivity contribution is -0.0285. The van der Waals surface area contributed by atoms with Gasteiger partial charge in [-0.1, -0.05) is 13.0 Å². The van der Waals surface area contributed by atoms with Crippen molar-refractivity contribution in [3.8, 4) is 0 Å². The molecule has 0 amide bonds. The number of fused-ring (bicyclic) bond motifs is 1. The van der Waals surface area contributed by atoms with Gasteiger partial charge in [-0.05, 0) is 57.7 Å². The summed E-state index contributed by atoms with van der Waals surface area (Å²) < 4.78 is 3.61. The first-order chi connectivity index (χ1) is 10.3. The molecule has 122 valence electrons. The van der Waals surface area contributed by atoms with Crippen LogP contribution in [0.4, 0.5) is 0 Å². The highest BCUT2D eigenvalue weighted by Crippen LogP contribution is 2.24.